The largest absolute Gasteiger partial charge is 2.00 e. The van der Waals surface area contributed by atoms with Crippen LogP contribution in [0.5, 0.6) is 0 Å². The average molecular weight is 405 g/mol. The molecule has 21 heavy (non-hydrogen) atoms. The zero-order chi connectivity index (χ0) is 16.2. The molecule has 0 amide bonds. The van der Waals surface area contributed by atoms with Gasteiger partial charge in [0, 0.05) is 11.9 Å². The number of carboxylic acid groups (broad SMARTS) is 2. The van der Waals surface area contributed by atoms with E-state index in [0.717, 1.165) is 12.8 Å². The van der Waals surface area contributed by atoms with Crippen LogP contribution >= 0.6 is 0 Å². The van der Waals surface area contributed by atoms with Crippen molar-refractivity contribution in [2.45, 2.75) is 39.5 Å². The van der Waals surface area contributed by atoms with Gasteiger partial charge in [0.05, 0.1) is 0 Å². The van der Waals surface area contributed by atoms with Crippen LogP contribution in [-0.2, 0) is 9.59 Å². The normalized spacial score (nSPS) is 8.38. The standard InChI is InChI=1S/C6H10N2O4.2C4H9.Sn/c9-5(10)3-7-1-2-8-4-6(11)12;2*1-3-4-2;/h1-4H2,(H,9,10)(H,11,12);2*1,3-4H2,2H3;/q-2;2*-1;+2/p-2. The monoisotopic (exact) mass is 406 g/mol. The quantitative estimate of drug-likeness (QED) is 0.308. The first-order chi connectivity index (χ1) is 9.45. The maximum atomic E-state index is 9.80. The van der Waals surface area contributed by atoms with E-state index in [9.17, 15) is 19.8 Å². The first-order valence-corrected chi connectivity index (χ1v) is 6.70. The molecule has 0 aliphatic heterocycles. The van der Waals surface area contributed by atoms with E-state index in [2.05, 4.69) is 38.3 Å². The van der Waals surface area contributed by atoms with Crippen LogP contribution in [0.1, 0.15) is 39.5 Å². The van der Waals surface area contributed by atoms with Gasteiger partial charge in [0.1, 0.15) is 0 Å². The van der Waals surface area contributed by atoms with E-state index in [1.54, 1.807) is 0 Å². The van der Waals surface area contributed by atoms with Gasteiger partial charge in [-0.2, -0.15) is 25.9 Å². The molecular formula is C14H26N2O4Sn-4. The van der Waals surface area contributed by atoms with Crippen LogP contribution in [0.3, 0.4) is 0 Å². The Kier molecular flexibility index (Phi) is 38.2. The summed E-state index contributed by atoms with van der Waals surface area (Å²) in [7, 11) is 0. The van der Waals surface area contributed by atoms with E-state index < -0.39 is 11.9 Å². The van der Waals surface area contributed by atoms with Gasteiger partial charge in [0.25, 0.3) is 0 Å². The topological polar surface area (TPSA) is 108 Å². The van der Waals surface area contributed by atoms with Gasteiger partial charge in [-0.25, -0.2) is 0 Å². The summed E-state index contributed by atoms with van der Waals surface area (Å²) in [5, 5.41) is 26.6. The Morgan fingerprint density at radius 1 is 0.857 bits per heavy atom. The zero-order valence-corrected chi connectivity index (χ0v) is 16.0. The van der Waals surface area contributed by atoms with Crippen LogP contribution in [0, 0.1) is 13.8 Å². The Hall–Kier alpha value is -0.341. The van der Waals surface area contributed by atoms with Crippen molar-refractivity contribution in [1.82, 2.24) is 0 Å². The van der Waals surface area contributed by atoms with Gasteiger partial charge in [-0.05, 0) is 0 Å². The summed E-state index contributed by atoms with van der Waals surface area (Å²) in [4.78, 5) is 19.6. The summed E-state index contributed by atoms with van der Waals surface area (Å²) >= 11 is 0. The Labute approximate surface area is 146 Å². The van der Waals surface area contributed by atoms with Crippen molar-refractivity contribution >= 4 is 35.8 Å². The van der Waals surface area contributed by atoms with E-state index in [-0.39, 0.29) is 50.1 Å². The maximum absolute atomic E-state index is 9.80. The second-order valence-electron chi connectivity index (χ2n) is 3.66. The van der Waals surface area contributed by atoms with Crippen molar-refractivity contribution in [3.63, 3.8) is 0 Å². The molecule has 0 saturated heterocycles. The first-order valence-electron chi connectivity index (χ1n) is 6.70. The zero-order valence-electron chi connectivity index (χ0n) is 13.1. The van der Waals surface area contributed by atoms with Gasteiger partial charge in [0.15, 0.2) is 0 Å². The molecule has 0 bridgehead atoms. The Bertz CT molecular complexity index is 191. The van der Waals surface area contributed by atoms with Crippen molar-refractivity contribution in [3.05, 3.63) is 24.5 Å². The number of carbonyl (C=O) groups is 2. The molecule has 6 nitrogen and oxygen atoms in total. The van der Waals surface area contributed by atoms with Gasteiger partial charge in [-0.15, -0.1) is 13.1 Å². The number of carboxylic acids is 2. The van der Waals surface area contributed by atoms with Crippen molar-refractivity contribution in [2.24, 2.45) is 0 Å². The molecule has 0 heterocycles. The van der Waals surface area contributed by atoms with Gasteiger partial charge >= 0.3 is 23.9 Å². The van der Waals surface area contributed by atoms with Crippen LogP contribution in [0.25, 0.3) is 10.6 Å². The summed E-state index contributed by atoms with van der Waals surface area (Å²) in [6.07, 6.45) is 4.56. The third-order valence-corrected chi connectivity index (χ3v) is 1.61. The molecule has 0 unspecified atom stereocenters. The predicted octanol–water partition coefficient (Wildman–Crippen LogP) is 0.0940. The average Bonchev–Trinajstić information content (AvgIpc) is 2.42. The van der Waals surface area contributed by atoms with Crippen molar-refractivity contribution in [2.75, 3.05) is 26.2 Å². The fraction of sp³-hybridized carbons (Fsp3) is 0.714. The number of aliphatic carboxylic acids is 2. The third-order valence-electron chi connectivity index (χ3n) is 1.61. The summed E-state index contributed by atoms with van der Waals surface area (Å²) < 4.78 is 0. The van der Waals surface area contributed by atoms with Crippen molar-refractivity contribution in [3.8, 4) is 0 Å². The summed E-state index contributed by atoms with van der Waals surface area (Å²) in [5.41, 5.74) is 0. The van der Waals surface area contributed by atoms with Gasteiger partial charge in [-0.1, -0.05) is 26.7 Å². The summed E-state index contributed by atoms with van der Waals surface area (Å²) in [5.74, 6) is -2.51. The molecular weight excluding hydrogens is 379 g/mol. The second kappa shape index (κ2) is 27.9. The molecule has 0 spiro atoms. The Morgan fingerprint density at radius 3 is 1.24 bits per heavy atom. The molecule has 0 fully saturated rings. The number of hydrogen-bond acceptors (Lipinski definition) is 4. The fourth-order valence-electron chi connectivity index (χ4n) is 0.482. The van der Waals surface area contributed by atoms with E-state index in [0.29, 0.717) is 0 Å². The van der Waals surface area contributed by atoms with Crippen LogP contribution in [0.2, 0.25) is 0 Å². The number of unbranched alkanes of at least 4 members (excludes halogenated alkanes) is 2. The minimum absolute atomic E-state index is 0. The van der Waals surface area contributed by atoms with Gasteiger partial charge in [-0.3, -0.25) is 0 Å². The molecule has 0 aliphatic rings. The van der Waals surface area contributed by atoms with Crippen LogP contribution < -0.4 is 10.2 Å². The predicted molar refractivity (Wildman–Crippen MR) is 82.5 cm³/mol. The molecule has 0 N–H and O–H groups in total. The molecule has 0 atom stereocenters. The van der Waals surface area contributed by atoms with Crippen molar-refractivity contribution in [1.29, 1.82) is 0 Å². The molecule has 0 saturated carbocycles. The van der Waals surface area contributed by atoms with Crippen LogP contribution in [0.4, 0.5) is 0 Å². The van der Waals surface area contributed by atoms with Gasteiger partial charge in [0.2, 0.25) is 0 Å². The number of rotatable bonds is 9. The molecule has 0 aromatic carbocycles. The Balaban J connectivity index is -0.000000134. The number of hydrogen-bond donors (Lipinski definition) is 0. The maximum Gasteiger partial charge on any atom is 2.00 e. The number of nitrogens with zero attached hydrogens (tertiary/aromatic N) is 2. The minimum atomic E-state index is -1.25. The van der Waals surface area contributed by atoms with E-state index in [1.807, 2.05) is 0 Å². The molecule has 7 heteroatoms. The van der Waals surface area contributed by atoms with Crippen LogP contribution in [0.15, 0.2) is 0 Å². The molecule has 2 radical (unpaired) electrons. The molecule has 0 aromatic rings. The Morgan fingerprint density at radius 2 is 1.10 bits per heavy atom. The van der Waals surface area contributed by atoms with E-state index in [1.165, 1.54) is 12.8 Å². The van der Waals surface area contributed by atoms with Crippen LogP contribution in [-0.4, -0.2) is 62.0 Å². The van der Waals surface area contributed by atoms with Gasteiger partial charge < -0.3 is 44.3 Å². The van der Waals surface area contributed by atoms with E-state index >= 15 is 0 Å². The first kappa shape index (κ1) is 28.8. The fourth-order valence-corrected chi connectivity index (χ4v) is 0.482. The molecule has 124 valence electrons. The molecule has 0 rings (SSSR count). The minimum Gasteiger partial charge on any atom is -0.659 e. The summed E-state index contributed by atoms with van der Waals surface area (Å²) in [6, 6.07) is 0. The molecule has 0 aromatic heterocycles. The summed E-state index contributed by atoms with van der Waals surface area (Å²) in [6.45, 7) is 11.1. The molecule has 0 aliphatic carbocycles. The SMILES string of the molecule is O=C([O-])C[N-]CC[N-]CC(=O)[O-].[CH2-]CCC.[CH2-]CCC.[Sn+2]. The number of carbonyl (C=O) groups excluding carboxylic acids is 2. The smallest absolute Gasteiger partial charge is 0.659 e. The van der Waals surface area contributed by atoms with Crippen molar-refractivity contribution < 1.29 is 19.8 Å². The third kappa shape index (κ3) is 54.0. The second-order valence-corrected chi connectivity index (χ2v) is 3.66. The van der Waals surface area contributed by atoms with E-state index in [4.69, 9.17) is 0 Å².